The van der Waals surface area contributed by atoms with Crippen LogP contribution >= 0.6 is 0 Å². The van der Waals surface area contributed by atoms with E-state index < -0.39 is 5.41 Å². The zero-order valence-electron chi connectivity index (χ0n) is 16.5. The number of urea groups is 1. The summed E-state index contributed by atoms with van der Waals surface area (Å²) in [4.78, 5) is 29.4. The molecule has 2 heterocycles. The van der Waals surface area contributed by atoms with Crippen molar-refractivity contribution in [3.05, 3.63) is 29.8 Å². The molecule has 1 atom stereocenters. The van der Waals surface area contributed by atoms with Gasteiger partial charge in [0.25, 0.3) is 0 Å². The SMILES string of the molecule is CCCCNC(=O)N1CC[C@]2(CCCN(Cc3cccc(OC)c3)C2=O)C1. The Morgan fingerprint density at radius 2 is 2.15 bits per heavy atom. The van der Waals surface area contributed by atoms with Crippen LogP contribution in [0.4, 0.5) is 4.79 Å². The van der Waals surface area contributed by atoms with E-state index in [9.17, 15) is 9.59 Å². The van der Waals surface area contributed by atoms with Crippen LogP contribution in [0.3, 0.4) is 0 Å². The van der Waals surface area contributed by atoms with Crippen molar-refractivity contribution in [1.82, 2.24) is 15.1 Å². The lowest BCUT2D eigenvalue weighted by Crippen LogP contribution is -2.50. The van der Waals surface area contributed by atoms with Gasteiger partial charge in [0.15, 0.2) is 0 Å². The van der Waals surface area contributed by atoms with Gasteiger partial charge in [-0.15, -0.1) is 0 Å². The number of benzene rings is 1. The number of amides is 3. The molecule has 0 aliphatic carbocycles. The largest absolute Gasteiger partial charge is 0.497 e. The molecular weight excluding hydrogens is 342 g/mol. The van der Waals surface area contributed by atoms with E-state index in [1.807, 2.05) is 34.1 Å². The first-order valence-electron chi connectivity index (χ1n) is 10.0. The number of likely N-dealkylation sites (tertiary alicyclic amines) is 2. The van der Waals surface area contributed by atoms with E-state index in [-0.39, 0.29) is 11.9 Å². The standard InChI is InChI=1S/C21H31N3O3/c1-3-4-11-22-20(26)24-13-10-21(16-24)9-6-12-23(19(21)25)15-17-7-5-8-18(14-17)27-2/h5,7-8,14H,3-4,6,9-13,15-16H2,1-2H3,(H,22,26)/t21-/m1/s1. The quantitative estimate of drug-likeness (QED) is 0.780. The number of carbonyl (C=O) groups excluding carboxylic acids is 2. The molecule has 0 unspecified atom stereocenters. The van der Waals surface area contributed by atoms with E-state index in [4.69, 9.17) is 4.74 Å². The molecule has 1 aromatic rings. The van der Waals surface area contributed by atoms with Gasteiger partial charge in [0.1, 0.15) is 5.75 Å². The second kappa shape index (κ2) is 8.63. The Balaban J connectivity index is 1.63. The number of methoxy groups -OCH3 is 1. The van der Waals surface area contributed by atoms with Crippen LogP contribution in [0.25, 0.3) is 0 Å². The summed E-state index contributed by atoms with van der Waals surface area (Å²) < 4.78 is 5.29. The first kappa shape index (κ1) is 19.5. The average Bonchev–Trinajstić information content (AvgIpc) is 3.11. The molecule has 2 saturated heterocycles. The number of ether oxygens (including phenoxy) is 1. The van der Waals surface area contributed by atoms with Gasteiger partial charge in [-0.1, -0.05) is 25.5 Å². The lowest BCUT2D eigenvalue weighted by molar-refractivity contribution is -0.146. The summed E-state index contributed by atoms with van der Waals surface area (Å²) in [6, 6.07) is 7.85. The molecule has 2 fully saturated rings. The first-order chi connectivity index (χ1) is 13.1. The van der Waals surface area contributed by atoms with Crippen molar-refractivity contribution >= 4 is 11.9 Å². The Bertz CT molecular complexity index is 678. The maximum absolute atomic E-state index is 13.3. The monoisotopic (exact) mass is 373 g/mol. The zero-order chi connectivity index (χ0) is 19.3. The predicted molar refractivity (Wildman–Crippen MR) is 105 cm³/mol. The molecule has 2 aliphatic rings. The highest BCUT2D eigenvalue weighted by molar-refractivity contribution is 5.85. The van der Waals surface area contributed by atoms with E-state index in [0.717, 1.165) is 50.0 Å². The zero-order valence-corrected chi connectivity index (χ0v) is 16.5. The lowest BCUT2D eigenvalue weighted by Gasteiger charge is -2.39. The molecule has 148 valence electrons. The summed E-state index contributed by atoms with van der Waals surface area (Å²) in [7, 11) is 1.65. The highest BCUT2D eigenvalue weighted by Crippen LogP contribution is 2.40. The molecule has 3 rings (SSSR count). The van der Waals surface area contributed by atoms with Gasteiger partial charge in [0.05, 0.1) is 12.5 Å². The lowest BCUT2D eigenvalue weighted by atomic mass is 9.78. The van der Waals surface area contributed by atoms with Crippen LogP contribution in [-0.4, -0.2) is 55.0 Å². The minimum Gasteiger partial charge on any atom is -0.497 e. The Labute approximate surface area is 161 Å². The molecule has 0 aromatic heterocycles. The molecule has 6 nitrogen and oxygen atoms in total. The van der Waals surface area contributed by atoms with Crippen LogP contribution in [0.2, 0.25) is 0 Å². The van der Waals surface area contributed by atoms with Crippen LogP contribution in [-0.2, 0) is 11.3 Å². The maximum atomic E-state index is 13.3. The van der Waals surface area contributed by atoms with Gasteiger partial charge in [0.2, 0.25) is 5.91 Å². The molecule has 0 radical (unpaired) electrons. The van der Waals surface area contributed by atoms with Crippen molar-refractivity contribution in [2.24, 2.45) is 5.41 Å². The van der Waals surface area contributed by atoms with Gasteiger partial charge in [-0.05, 0) is 43.4 Å². The van der Waals surface area contributed by atoms with Crippen molar-refractivity contribution in [2.75, 3.05) is 33.3 Å². The minimum atomic E-state index is -0.404. The average molecular weight is 373 g/mol. The number of nitrogens with zero attached hydrogens (tertiary/aromatic N) is 2. The molecule has 6 heteroatoms. The molecule has 0 saturated carbocycles. The van der Waals surface area contributed by atoms with Gasteiger partial charge in [-0.3, -0.25) is 4.79 Å². The summed E-state index contributed by atoms with van der Waals surface area (Å²) in [6.45, 7) is 5.39. The molecule has 3 amide bonds. The smallest absolute Gasteiger partial charge is 0.317 e. The highest BCUT2D eigenvalue weighted by Gasteiger charge is 2.49. The van der Waals surface area contributed by atoms with Crippen LogP contribution in [0.1, 0.15) is 44.6 Å². The van der Waals surface area contributed by atoms with E-state index in [0.29, 0.717) is 26.2 Å². The maximum Gasteiger partial charge on any atom is 0.317 e. The van der Waals surface area contributed by atoms with Gasteiger partial charge in [-0.25, -0.2) is 4.79 Å². The van der Waals surface area contributed by atoms with Gasteiger partial charge in [-0.2, -0.15) is 0 Å². The summed E-state index contributed by atoms with van der Waals surface area (Å²) in [5.41, 5.74) is 0.672. The minimum absolute atomic E-state index is 0.0296. The molecule has 27 heavy (non-hydrogen) atoms. The number of unbranched alkanes of at least 4 members (excludes halogenated alkanes) is 1. The third kappa shape index (κ3) is 4.37. The van der Waals surface area contributed by atoms with Gasteiger partial charge < -0.3 is 19.9 Å². The molecule has 2 aliphatic heterocycles. The molecule has 1 spiro atoms. The van der Waals surface area contributed by atoms with Gasteiger partial charge in [0, 0.05) is 32.7 Å². The number of carbonyl (C=O) groups is 2. The summed E-state index contributed by atoms with van der Waals surface area (Å²) in [6.07, 6.45) is 4.67. The number of hydrogen-bond donors (Lipinski definition) is 1. The van der Waals surface area contributed by atoms with E-state index in [1.165, 1.54) is 0 Å². The number of nitrogens with one attached hydrogen (secondary N) is 1. The molecule has 1 aromatic carbocycles. The normalized spacial score (nSPS) is 22.4. The van der Waals surface area contributed by atoms with E-state index in [1.54, 1.807) is 7.11 Å². The Morgan fingerprint density at radius 1 is 1.30 bits per heavy atom. The fourth-order valence-corrected chi connectivity index (χ4v) is 4.20. The van der Waals surface area contributed by atoms with Crippen molar-refractivity contribution in [3.8, 4) is 5.75 Å². The third-order valence-corrected chi connectivity index (χ3v) is 5.78. The van der Waals surface area contributed by atoms with Crippen molar-refractivity contribution < 1.29 is 14.3 Å². The van der Waals surface area contributed by atoms with Crippen LogP contribution in [0, 0.1) is 5.41 Å². The molecule has 1 N–H and O–H groups in total. The topological polar surface area (TPSA) is 61.9 Å². The number of piperidine rings is 1. The third-order valence-electron chi connectivity index (χ3n) is 5.78. The fraction of sp³-hybridized carbons (Fsp3) is 0.619. The summed E-state index contributed by atoms with van der Waals surface area (Å²) >= 11 is 0. The summed E-state index contributed by atoms with van der Waals surface area (Å²) in [5, 5.41) is 2.97. The van der Waals surface area contributed by atoms with Gasteiger partial charge >= 0.3 is 6.03 Å². The number of hydrogen-bond acceptors (Lipinski definition) is 3. The van der Waals surface area contributed by atoms with E-state index in [2.05, 4.69) is 12.2 Å². The fourth-order valence-electron chi connectivity index (χ4n) is 4.20. The van der Waals surface area contributed by atoms with Crippen LogP contribution in [0.5, 0.6) is 5.75 Å². The van der Waals surface area contributed by atoms with Crippen LogP contribution < -0.4 is 10.1 Å². The Kier molecular flexibility index (Phi) is 6.24. The van der Waals surface area contributed by atoms with E-state index >= 15 is 0 Å². The Hall–Kier alpha value is -2.24. The first-order valence-corrected chi connectivity index (χ1v) is 10.0. The highest BCUT2D eigenvalue weighted by atomic mass is 16.5. The van der Waals surface area contributed by atoms with Crippen molar-refractivity contribution in [2.45, 2.75) is 45.6 Å². The molecule has 0 bridgehead atoms. The second-order valence-corrected chi connectivity index (χ2v) is 7.72. The predicted octanol–water partition coefficient (Wildman–Crippen LogP) is 3.02. The Morgan fingerprint density at radius 3 is 2.93 bits per heavy atom. The second-order valence-electron chi connectivity index (χ2n) is 7.72. The van der Waals surface area contributed by atoms with Crippen molar-refractivity contribution in [3.63, 3.8) is 0 Å². The summed E-state index contributed by atoms with van der Waals surface area (Å²) in [5.74, 6) is 1.00. The molecular formula is C21H31N3O3. The van der Waals surface area contributed by atoms with Crippen LogP contribution in [0.15, 0.2) is 24.3 Å². The number of rotatable bonds is 6. The van der Waals surface area contributed by atoms with Crippen molar-refractivity contribution in [1.29, 1.82) is 0 Å².